The first-order valence-corrected chi connectivity index (χ1v) is 8.01. The number of nitrogens with zero attached hydrogens (tertiary/aromatic N) is 3. The summed E-state index contributed by atoms with van der Waals surface area (Å²) < 4.78 is 25.3. The van der Waals surface area contributed by atoms with Crippen LogP contribution >= 0.6 is 0 Å². The summed E-state index contributed by atoms with van der Waals surface area (Å²) in [5, 5.41) is 5.45. The summed E-state index contributed by atoms with van der Waals surface area (Å²) in [6.07, 6.45) is 2.14. The fraction of sp³-hybridized carbons (Fsp3) is 0.429. The Morgan fingerprint density at radius 2 is 1.90 bits per heavy atom. The molecule has 20 heavy (non-hydrogen) atoms. The van der Waals surface area contributed by atoms with Crippen LogP contribution < -0.4 is 0 Å². The van der Waals surface area contributed by atoms with Crippen LogP contribution in [0, 0.1) is 0 Å². The number of halogens is 1. The van der Waals surface area contributed by atoms with Gasteiger partial charge in [0.25, 0.3) is 0 Å². The molecule has 1 aromatic carbocycles. The summed E-state index contributed by atoms with van der Waals surface area (Å²) in [5.74, 6) is 0.448. The van der Waals surface area contributed by atoms with Crippen LogP contribution in [-0.2, 0) is 10.8 Å². The van der Waals surface area contributed by atoms with Crippen molar-refractivity contribution in [3.05, 3.63) is 48.0 Å². The first kappa shape index (κ1) is 12.2. The van der Waals surface area contributed by atoms with E-state index in [1.807, 2.05) is 30.3 Å². The Morgan fingerprint density at radius 3 is 2.50 bits per heavy atom. The van der Waals surface area contributed by atoms with E-state index in [2.05, 4.69) is 10.1 Å². The first-order chi connectivity index (χ1) is 9.75. The van der Waals surface area contributed by atoms with Crippen molar-refractivity contribution in [3.8, 4) is 0 Å². The van der Waals surface area contributed by atoms with Crippen LogP contribution in [0.3, 0.4) is 0 Å². The van der Waals surface area contributed by atoms with Gasteiger partial charge in [0.05, 0.1) is 16.5 Å². The number of hydrogen-bond acceptors (Lipinski definition) is 3. The molecule has 1 aromatic heterocycles. The normalized spacial score (nSPS) is 35.5. The molecule has 1 saturated carbocycles. The highest BCUT2D eigenvalue weighted by atomic mass is 32.2. The molecule has 0 N–H and O–H groups in total. The number of hydrogen-bond donors (Lipinski definition) is 0. The Balaban J connectivity index is 0.000000175. The number of fused-ring (bicyclic) bond motifs is 2. The molecule has 2 aromatic rings. The number of rotatable bonds is 1. The zero-order chi connectivity index (χ0) is 13.7. The predicted octanol–water partition coefficient (Wildman–Crippen LogP) is 2.17. The largest absolute Gasteiger partial charge is 0.259 e. The highest BCUT2D eigenvalue weighted by Gasteiger charge is 2.63. The van der Waals surface area contributed by atoms with Gasteiger partial charge in [-0.1, -0.05) is 30.3 Å². The van der Waals surface area contributed by atoms with Gasteiger partial charge in [-0.15, -0.1) is 0 Å². The number of aromatic nitrogens is 3. The summed E-state index contributed by atoms with van der Waals surface area (Å²) >= 11 is 0. The van der Waals surface area contributed by atoms with Crippen molar-refractivity contribution < 1.29 is 8.60 Å². The molecule has 2 aliphatic heterocycles. The maximum atomic E-state index is 13.6. The summed E-state index contributed by atoms with van der Waals surface area (Å²) in [6.45, 7) is 0. The highest BCUT2D eigenvalue weighted by Crippen LogP contribution is 2.50. The second kappa shape index (κ2) is 4.48. The quantitative estimate of drug-likeness (QED) is 0.757. The molecule has 0 amide bonds. The van der Waals surface area contributed by atoms with E-state index in [0.717, 1.165) is 5.56 Å². The van der Waals surface area contributed by atoms with Crippen molar-refractivity contribution in [1.82, 2.24) is 14.8 Å². The molecule has 4 atom stereocenters. The second-order valence-corrected chi connectivity index (χ2v) is 7.20. The van der Waals surface area contributed by atoms with E-state index in [1.54, 1.807) is 4.68 Å². The Bertz CT molecular complexity index is 649. The molecule has 104 valence electrons. The molecule has 0 spiro atoms. The first-order valence-electron chi connectivity index (χ1n) is 6.73. The monoisotopic (exact) mass is 291 g/mol. The molecular formula is C14H14FN3OS. The molecule has 6 heteroatoms. The third-order valence-electron chi connectivity index (χ3n) is 3.99. The van der Waals surface area contributed by atoms with Crippen molar-refractivity contribution in [2.45, 2.75) is 35.6 Å². The van der Waals surface area contributed by atoms with Gasteiger partial charge in [0.15, 0.2) is 12.0 Å². The lowest BCUT2D eigenvalue weighted by Gasteiger charge is -2.10. The third kappa shape index (κ3) is 1.98. The summed E-state index contributed by atoms with van der Waals surface area (Å²) in [7, 11) is -0.309. The van der Waals surface area contributed by atoms with E-state index in [9.17, 15) is 8.60 Å². The van der Waals surface area contributed by atoms with E-state index in [-0.39, 0.29) is 16.8 Å². The highest BCUT2D eigenvalue weighted by molar-refractivity contribution is 7.95. The fourth-order valence-electron chi connectivity index (χ4n) is 2.58. The van der Waals surface area contributed by atoms with Gasteiger partial charge >= 0.3 is 0 Å². The molecule has 5 rings (SSSR count). The zero-order valence-electron chi connectivity index (χ0n) is 10.7. The minimum Gasteiger partial charge on any atom is -0.259 e. The van der Waals surface area contributed by atoms with Crippen molar-refractivity contribution in [3.63, 3.8) is 0 Å². The van der Waals surface area contributed by atoms with Crippen molar-refractivity contribution in [2.24, 2.45) is 0 Å². The summed E-state index contributed by atoms with van der Waals surface area (Å²) in [6, 6.07) is 9.85. The molecule has 0 radical (unpaired) electrons. The maximum absolute atomic E-state index is 13.6. The van der Waals surface area contributed by atoms with Crippen molar-refractivity contribution in [1.29, 1.82) is 0 Å². The van der Waals surface area contributed by atoms with Crippen LogP contribution in [0.25, 0.3) is 0 Å². The Hall–Kier alpha value is -1.56. The average Bonchev–Trinajstić information content (AvgIpc) is 3.30. The fourth-order valence-corrected chi connectivity index (χ4v) is 3.71. The Kier molecular flexibility index (Phi) is 2.73. The van der Waals surface area contributed by atoms with E-state index in [4.69, 9.17) is 0 Å². The average molecular weight is 291 g/mol. The summed E-state index contributed by atoms with van der Waals surface area (Å²) in [4.78, 5) is 3.93. The standard InChI is InChI=1S/C11H10FN3.C3H4OS/c12-9-6-10(8-4-2-1-3-5-8)15-11(9)13-7-14-15;4-5-2-1-3(2)5/h1-5,7,9-10H,6H2;2-3H,1H2/t9-,10-;/m0./s1. The third-order valence-corrected chi connectivity index (χ3v) is 5.91. The van der Waals surface area contributed by atoms with Gasteiger partial charge in [-0.3, -0.25) is 4.21 Å². The zero-order valence-corrected chi connectivity index (χ0v) is 11.5. The molecule has 1 aliphatic carbocycles. The minimum absolute atomic E-state index is 0.00120. The SMILES string of the molecule is F[C@H]1C[C@@H](c2ccccc2)n2ncnc21.O=S1C2CC21. The van der Waals surface area contributed by atoms with Gasteiger partial charge in [-0.2, -0.15) is 5.10 Å². The molecule has 1 saturated heterocycles. The van der Waals surface area contributed by atoms with Crippen LogP contribution in [0.1, 0.15) is 36.4 Å². The van der Waals surface area contributed by atoms with Crippen molar-refractivity contribution in [2.75, 3.05) is 0 Å². The minimum atomic E-state index is -0.988. The van der Waals surface area contributed by atoms with E-state index >= 15 is 0 Å². The lowest BCUT2D eigenvalue weighted by Crippen LogP contribution is -2.06. The van der Waals surface area contributed by atoms with Crippen LogP contribution in [0.4, 0.5) is 4.39 Å². The van der Waals surface area contributed by atoms with E-state index in [1.165, 1.54) is 12.7 Å². The molecule has 2 unspecified atom stereocenters. The topological polar surface area (TPSA) is 47.8 Å². The van der Waals surface area contributed by atoms with E-state index in [0.29, 0.717) is 22.7 Å². The van der Waals surface area contributed by atoms with Gasteiger partial charge < -0.3 is 0 Å². The Morgan fingerprint density at radius 1 is 1.20 bits per heavy atom. The molecule has 3 aliphatic rings. The lowest BCUT2D eigenvalue weighted by atomic mass is 10.0. The van der Waals surface area contributed by atoms with Gasteiger partial charge in [0.2, 0.25) is 0 Å². The smallest absolute Gasteiger partial charge is 0.162 e. The van der Waals surface area contributed by atoms with Crippen LogP contribution in [0.5, 0.6) is 0 Å². The molecule has 0 bridgehead atoms. The maximum Gasteiger partial charge on any atom is 0.162 e. The van der Waals surface area contributed by atoms with Crippen LogP contribution in [-0.4, -0.2) is 29.5 Å². The van der Waals surface area contributed by atoms with Crippen LogP contribution in [0.2, 0.25) is 0 Å². The van der Waals surface area contributed by atoms with Gasteiger partial charge in [0, 0.05) is 17.2 Å². The molecule has 3 heterocycles. The van der Waals surface area contributed by atoms with Gasteiger partial charge in [-0.25, -0.2) is 14.1 Å². The number of benzene rings is 1. The second-order valence-electron chi connectivity index (χ2n) is 5.33. The van der Waals surface area contributed by atoms with E-state index < -0.39 is 6.17 Å². The van der Waals surface area contributed by atoms with Gasteiger partial charge in [0.1, 0.15) is 6.33 Å². The molecule has 4 nitrogen and oxygen atoms in total. The van der Waals surface area contributed by atoms with Crippen LogP contribution in [0.15, 0.2) is 36.7 Å². The molecular weight excluding hydrogens is 277 g/mol. The van der Waals surface area contributed by atoms with Gasteiger partial charge in [-0.05, 0) is 12.0 Å². The Labute approximate surface area is 118 Å². The predicted molar refractivity (Wildman–Crippen MR) is 73.4 cm³/mol. The van der Waals surface area contributed by atoms with Crippen molar-refractivity contribution >= 4 is 10.8 Å². The number of alkyl halides is 1. The summed E-state index contributed by atoms with van der Waals surface area (Å²) in [5.41, 5.74) is 1.09. The lowest BCUT2D eigenvalue weighted by molar-refractivity contribution is 0.328. The molecule has 2 fully saturated rings.